The molecule has 0 heterocycles. The van der Waals surface area contributed by atoms with Crippen LogP contribution in [0.4, 0.5) is 0 Å². The summed E-state index contributed by atoms with van der Waals surface area (Å²) in [6.45, 7) is 4.58. The SMILES string of the molecule is CCc1ccc(C(C)NC2C3CC4CC(C3)CC2C4)cc1. The molecule has 21 heavy (non-hydrogen) atoms. The first-order valence-corrected chi connectivity index (χ1v) is 9.07. The monoisotopic (exact) mass is 283 g/mol. The minimum atomic E-state index is 0.499. The predicted octanol–water partition coefficient (Wildman–Crippen LogP) is 4.72. The van der Waals surface area contributed by atoms with E-state index in [0.717, 1.165) is 36.1 Å². The van der Waals surface area contributed by atoms with Crippen molar-refractivity contribution in [1.82, 2.24) is 5.32 Å². The summed E-state index contributed by atoms with van der Waals surface area (Å²) in [5.41, 5.74) is 2.90. The van der Waals surface area contributed by atoms with Crippen LogP contribution in [0.5, 0.6) is 0 Å². The van der Waals surface area contributed by atoms with Gasteiger partial charge in [-0.1, -0.05) is 31.2 Å². The maximum Gasteiger partial charge on any atom is 0.0294 e. The number of benzene rings is 1. The van der Waals surface area contributed by atoms with Gasteiger partial charge in [-0.25, -0.2) is 0 Å². The van der Waals surface area contributed by atoms with E-state index in [-0.39, 0.29) is 0 Å². The van der Waals surface area contributed by atoms with Crippen LogP contribution < -0.4 is 5.32 Å². The van der Waals surface area contributed by atoms with Crippen molar-refractivity contribution in [3.63, 3.8) is 0 Å². The highest BCUT2D eigenvalue weighted by atomic mass is 15.0. The summed E-state index contributed by atoms with van der Waals surface area (Å²) in [7, 11) is 0. The van der Waals surface area contributed by atoms with Crippen molar-refractivity contribution in [3.8, 4) is 0 Å². The second-order valence-corrected chi connectivity index (χ2v) is 7.94. The van der Waals surface area contributed by atoms with Gasteiger partial charge in [-0.3, -0.25) is 0 Å². The van der Waals surface area contributed by atoms with Gasteiger partial charge in [0.2, 0.25) is 0 Å². The third-order valence-electron chi connectivity index (χ3n) is 6.56. The molecule has 1 heteroatoms. The molecule has 4 fully saturated rings. The van der Waals surface area contributed by atoms with Gasteiger partial charge < -0.3 is 5.32 Å². The Labute approximate surface area is 129 Å². The fraction of sp³-hybridized carbons (Fsp3) is 0.700. The van der Waals surface area contributed by atoms with Gasteiger partial charge >= 0.3 is 0 Å². The predicted molar refractivity (Wildman–Crippen MR) is 88.2 cm³/mol. The summed E-state index contributed by atoms with van der Waals surface area (Å²) in [5.74, 6) is 4.09. The molecule has 0 saturated heterocycles. The standard InChI is InChI=1S/C20H29N/c1-3-14-4-6-17(7-5-14)13(2)21-20-18-9-15-8-16(11-18)12-19(20)10-15/h4-7,13,15-16,18-21H,3,8-12H2,1-2H3. The molecule has 1 N–H and O–H groups in total. The first kappa shape index (κ1) is 13.8. The van der Waals surface area contributed by atoms with E-state index in [0.29, 0.717) is 6.04 Å². The molecule has 4 bridgehead atoms. The highest BCUT2D eigenvalue weighted by Crippen LogP contribution is 2.54. The van der Waals surface area contributed by atoms with Crippen molar-refractivity contribution in [2.45, 2.75) is 64.5 Å². The van der Waals surface area contributed by atoms with Gasteiger partial charge in [0.15, 0.2) is 0 Å². The van der Waals surface area contributed by atoms with Crippen molar-refractivity contribution in [2.75, 3.05) is 0 Å². The summed E-state index contributed by atoms with van der Waals surface area (Å²) in [4.78, 5) is 0. The molecule has 4 saturated carbocycles. The zero-order chi connectivity index (χ0) is 14.4. The lowest BCUT2D eigenvalue weighted by Crippen LogP contribution is -2.54. The third-order valence-corrected chi connectivity index (χ3v) is 6.56. The molecule has 0 spiro atoms. The van der Waals surface area contributed by atoms with Crippen LogP contribution in [0.15, 0.2) is 24.3 Å². The van der Waals surface area contributed by atoms with Crippen molar-refractivity contribution in [1.29, 1.82) is 0 Å². The largest absolute Gasteiger partial charge is 0.307 e. The van der Waals surface area contributed by atoms with Gasteiger partial charge in [-0.05, 0) is 80.2 Å². The highest BCUT2D eigenvalue weighted by Gasteiger charge is 2.48. The molecule has 0 radical (unpaired) electrons. The van der Waals surface area contributed by atoms with Gasteiger partial charge in [-0.15, -0.1) is 0 Å². The Kier molecular flexibility index (Phi) is 3.57. The number of hydrogen-bond donors (Lipinski definition) is 1. The van der Waals surface area contributed by atoms with E-state index in [2.05, 4.69) is 43.4 Å². The fourth-order valence-corrected chi connectivity index (χ4v) is 5.62. The maximum absolute atomic E-state index is 4.02. The van der Waals surface area contributed by atoms with Crippen molar-refractivity contribution >= 4 is 0 Å². The van der Waals surface area contributed by atoms with Gasteiger partial charge in [0.25, 0.3) is 0 Å². The van der Waals surface area contributed by atoms with Crippen molar-refractivity contribution in [3.05, 3.63) is 35.4 Å². The molecule has 114 valence electrons. The average Bonchev–Trinajstić information content (AvgIpc) is 2.50. The smallest absolute Gasteiger partial charge is 0.0294 e. The second kappa shape index (κ2) is 5.43. The van der Waals surface area contributed by atoms with Gasteiger partial charge in [0, 0.05) is 12.1 Å². The second-order valence-electron chi connectivity index (χ2n) is 7.94. The maximum atomic E-state index is 4.02. The molecule has 1 unspecified atom stereocenters. The summed E-state index contributed by atoms with van der Waals surface area (Å²) >= 11 is 0. The molecular formula is C20H29N. The molecule has 1 atom stereocenters. The molecule has 0 amide bonds. The highest BCUT2D eigenvalue weighted by molar-refractivity contribution is 5.25. The molecule has 1 nitrogen and oxygen atoms in total. The number of hydrogen-bond acceptors (Lipinski definition) is 1. The third kappa shape index (κ3) is 2.54. The lowest BCUT2D eigenvalue weighted by atomic mass is 9.54. The van der Waals surface area contributed by atoms with Crippen LogP contribution in [0.2, 0.25) is 0 Å². The molecule has 1 aromatic rings. The first-order valence-electron chi connectivity index (χ1n) is 9.07. The minimum absolute atomic E-state index is 0.499. The van der Waals surface area contributed by atoms with Gasteiger partial charge in [0.1, 0.15) is 0 Å². The summed E-state index contributed by atoms with van der Waals surface area (Å²) in [5, 5.41) is 4.02. The van der Waals surface area contributed by atoms with E-state index >= 15 is 0 Å². The normalized spacial score (nSPS) is 38.7. The van der Waals surface area contributed by atoms with E-state index in [1.165, 1.54) is 36.8 Å². The van der Waals surface area contributed by atoms with Crippen LogP contribution in [0.25, 0.3) is 0 Å². The molecule has 4 aliphatic rings. The number of rotatable bonds is 4. The lowest BCUT2D eigenvalue weighted by Gasteiger charge is -2.55. The van der Waals surface area contributed by atoms with Crippen LogP contribution in [0.1, 0.15) is 63.1 Å². The molecular weight excluding hydrogens is 254 g/mol. The van der Waals surface area contributed by atoms with Crippen LogP contribution >= 0.6 is 0 Å². The van der Waals surface area contributed by atoms with Crippen LogP contribution in [-0.4, -0.2) is 6.04 Å². The summed E-state index contributed by atoms with van der Waals surface area (Å²) in [6.07, 6.45) is 8.71. The van der Waals surface area contributed by atoms with E-state index in [9.17, 15) is 0 Å². The van der Waals surface area contributed by atoms with E-state index in [1.807, 2.05) is 0 Å². The Morgan fingerprint density at radius 3 is 2.05 bits per heavy atom. The van der Waals surface area contributed by atoms with E-state index in [1.54, 1.807) is 6.42 Å². The van der Waals surface area contributed by atoms with Crippen molar-refractivity contribution < 1.29 is 0 Å². The number of aryl methyl sites for hydroxylation is 1. The average molecular weight is 283 g/mol. The summed E-state index contributed by atoms with van der Waals surface area (Å²) in [6, 6.07) is 10.5. The van der Waals surface area contributed by atoms with Crippen LogP contribution in [-0.2, 0) is 6.42 Å². The van der Waals surface area contributed by atoms with E-state index < -0.39 is 0 Å². The Morgan fingerprint density at radius 2 is 1.52 bits per heavy atom. The Hall–Kier alpha value is -0.820. The van der Waals surface area contributed by atoms with Gasteiger partial charge in [-0.2, -0.15) is 0 Å². The molecule has 0 aliphatic heterocycles. The molecule has 1 aromatic carbocycles. The van der Waals surface area contributed by atoms with Crippen molar-refractivity contribution in [2.24, 2.45) is 23.7 Å². The zero-order valence-electron chi connectivity index (χ0n) is 13.5. The zero-order valence-corrected chi connectivity index (χ0v) is 13.5. The topological polar surface area (TPSA) is 12.0 Å². The van der Waals surface area contributed by atoms with Crippen LogP contribution in [0.3, 0.4) is 0 Å². The molecule has 0 aromatic heterocycles. The fourth-order valence-electron chi connectivity index (χ4n) is 5.62. The Morgan fingerprint density at radius 1 is 0.952 bits per heavy atom. The Balaban J connectivity index is 1.45. The summed E-state index contributed by atoms with van der Waals surface area (Å²) < 4.78 is 0. The molecule has 5 rings (SSSR count). The first-order chi connectivity index (χ1) is 10.2. The quantitative estimate of drug-likeness (QED) is 0.842. The Bertz CT molecular complexity index is 461. The lowest BCUT2D eigenvalue weighted by molar-refractivity contribution is -0.0171. The number of nitrogens with one attached hydrogen (secondary N) is 1. The molecule has 4 aliphatic carbocycles. The van der Waals surface area contributed by atoms with Crippen LogP contribution in [0, 0.1) is 23.7 Å². The van der Waals surface area contributed by atoms with E-state index in [4.69, 9.17) is 0 Å². The van der Waals surface area contributed by atoms with Gasteiger partial charge in [0.05, 0.1) is 0 Å². The minimum Gasteiger partial charge on any atom is -0.307 e.